The van der Waals surface area contributed by atoms with E-state index in [9.17, 15) is 16.8 Å². The van der Waals surface area contributed by atoms with Gasteiger partial charge in [0.25, 0.3) is 10.0 Å². The van der Waals surface area contributed by atoms with E-state index >= 15 is 0 Å². The zero-order valence-corrected chi connectivity index (χ0v) is 15.6. The third kappa shape index (κ3) is 3.42. The van der Waals surface area contributed by atoms with E-state index < -0.39 is 20.0 Å². The van der Waals surface area contributed by atoms with Gasteiger partial charge in [0.2, 0.25) is 10.0 Å². The Labute approximate surface area is 147 Å². The summed E-state index contributed by atoms with van der Waals surface area (Å²) in [5, 5.41) is 3.93. The highest BCUT2D eigenvalue weighted by atomic mass is 32.2. The van der Waals surface area contributed by atoms with Crippen LogP contribution >= 0.6 is 0 Å². The quantitative estimate of drug-likeness (QED) is 0.838. The number of rotatable bonds is 5. The molecule has 2 heterocycles. The van der Waals surface area contributed by atoms with Crippen molar-refractivity contribution in [2.24, 2.45) is 7.05 Å². The normalized spacial score (nSPS) is 16.2. The number of aryl methyl sites for hydroxylation is 1. The van der Waals surface area contributed by atoms with Crippen molar-refractivity contribution in [3.8, 4) is 0 Å². The third-order valence-corrected chi connectivity index (χ3v) is 7.69. The predicted molar refractivity (Wildman–Crippen MR) is 93.2 cm³/mol. The molecule has 0 spiro atoms. The third-order valence-electron chi connectivity index (χ3n) is 4.29. The summed E-state index contributed by atoms with van der Waals surface area (Å²) in [6, 6.07) is 5.74. The van der Waals surface area contributed by atoms with Gasteiger partial charge in [-0.25, -0.2) is 16.8 Å². The molecule has 2 aromatic rings. The fourth-order valence-corrected chi connectivity index (χ4v) is 5.51. The molecule has 0 atom stereocenters. The first-order valence-electron chi connectivity index (χ1n) is 7.83. The minimum atomic E-state index is -3.78. The number of hydrogen-bond acceptors (Lipinski definition) is 5. The molecule has 0 amide bonds. The van der Waals surface area contributed by atoms with Crippen molar-refractivity contribution in [3.05, 3.63) is 36.2 Å². The van der Waals surface area contributed by atoms with Crippen LogP contribution in [0, 0.1) is 6.92 Å². The molecule has 10 heteroatoms. The maximum Gasteiger partial charge on any atom is 0.265 e. The summed E-state index contributed by atoms with van der Waals surface area (Å²) >= 11 is 0. The van der Waals surface area contributed by atoms with Gasteiger partial charge in [-0.3, -0.25) is 9.40 Å². The van der Waals surface area contributed by atoms with E-state index in [-0.39, 0.29) is 9.79 Å². The summed E-state index contributed by atoms with van der Waals surface area (Å²) in [6.07, 6.45) is 3.01. The Kier molecular flexibility index (Phi) is 4.60. The molecule has 0 aliphatic carbocycles. The standard InChI is InChI=1S/C15H20N4O4S2/c1-12-15(11-16-18(12)2)24(20,21)17-13-5-7-14(8-6-13)25(22,23)19-9-3-4-10-19/h5-8,11,17H,3-4,9-10H2,1-2H3. The van der Waals surface area contributed by atoms with Crippen LogP contribution in [0.2, 0.25) is 0 Å². The molecule has 0 saturated carbocycles. The molecule has 1 N–H and O–H groups in total. The van der Waals surface area contributed by atoms with Crippen molar-refractivity contribution in [2.75, 3.05) is 17.8 Å². The summed E-state index contributed by atoms with van der Waals surface area (Å²) < 4.78 is 55.2. The smallest absolute Gasteiger partial charge is 0.265 e. The first kappa shape index (κ1) is 17.9. The number of sulfonamides is 2. The fraction of sp³-hybridized carbons (Fsp3) is 0.400. The van der Waals surface area contributed by atoms with Crippen LogP contribution in [0.1, 0.15) is 18.5 Å². The topological polar surface area (TPSA) is 101 Å². The van der Waals surface area contributed by atoms with Crippen LogP contribution in [0.15, 0.2) is 40.3 Å². The second kappa shape index (κ2) is 6.43. The van der Waals surface area contributed by atoms with Crippen molar-refractivity contribution in [1.82, 2.24) is 14.1 Å². The largest absolute Gasteiger partial charge is 0.280 e. The molecular formula is C15H20N4O4S2. The minimum Gasteiger partial charge on any atom is -0.280 e. The van der Waals surface area contributed by atoms with Gasteiger partial charge in [0, 0.05) is 25.8 Å². The molecule has 1 fully saturated rings. The van der Waals surface area contributed by atoms with E-state index in [1.54, 1.807) is 14.0 Å². The summed E-state index contributed by atoms with van der Waals surface area (Å²) in [6.45, 7) is 2.71. The minimum absolute atomic E-state index is 0.0868. The van der Waals surface area contributed by atoms with Crippen LogP contribution in [-0.4, -0.2) is 44.0 Å². The Balaban J connectivity index is 1.82. The van der Waals surface area contributed by atoms with Crippen molar-refractivity contribution < 1.29 is 16.8 Å². The Bertz CT molecular complexity index is 973. The number of nitrogens with one attached hydrogen (secondary N) is 1. The maximum absolute atomic E-state index is 12.5. The highest BCUT2D eigenvalue weighted by Gasteiger charge is 2.27. The zero-order chi connectivity index (χ0) is 18.2. The molecule has 0 bridgehead atoms. The Hall–Kier alpha value is -1.91. The van der Waals surface area contributed by atoms with Crippen molar-refractivity contribution in [3.63, 3.8) is 0 Å². The van der Waals surface area contributed by atoms with Crippen molar-refractivity contribution in [1.29, 1.82) is 0 Å². The molecule has 0 radical (unpaired) electrons. The maximum atomic E-state index is 12.5. The van der Waals surface area contributed by atoms with Crippen molar-refractivity contribution >= 4 is 25.7 Å². The van der Waals surface area contributed by atoms with Gasteiger partial charge in [-0.2, -0.15) is 9.40 Å². The molecule has 136 valence electrons. The molecule has 3 rings (SSSR count). The highest BCUT2D eigenvalue weighted by Crippen LogP contribution is 2.24. The van der Waals surface area contributed by atoms with Crippen LogP contribution in [0.4, 0.5) is 5.69 Å². The summed E-state index contributed by atoms with van der Waals surface area (Å²) in [5.74, 6) is 0. The molecule has 8 nitrogen and oxygen atoms in total. The summed E-state index contributed by atoms with van der Waals surface area (Å²) in [4.78, 5) is 0.249. The molecule has 0 unspecified atom stereocenters. The average Bonchev–Trinajstić information content (AvgIpc) is 3.19. The van der Waals surface area contributed by atoms with Gasteiger partial charge in [-0.15, -0.1) is 0 Å². The Morgan fingerprint density at radius 2 is 1.64 bits per heavy atom. The highest BCUT2D eigenvalue weighted by molar-refractivity contribution is 7.92. The van der Waals surface area contributed by atoms with E-state index in [2.05, 4.69) is 9.82 Å². The first-order chi connectivity index (χ1) is 11.7. The summed E-state index contributed by atoms with van der Waals surface area (Å²) in [7, 11) is -5.63. The van der Waals surface area contributed by atoms with Gasteiger partial charge in [0.15, 0.2) is 0 Å². The fourth-order valence-electron chi connectivity index (χ4n) is 2.72. The van der Waals surface area contributed by atoms with Gasteiger partial charge in [0.05, 0.1) is 16.8 Å². The lowest BCUT2D eigenvalue weighted by Crippen LogP contribution is -2.27. The van der Waals surface area contributed by atoms with Crippen LogP contribution in [-0.2, 0) is 27.1 Å². The van der Waals surface area contributed by atoms with E-state index in [4.69, 9.17) is 0 Å². The molecule has 1 aromatic heterocycles. The second-order valence-electron chi connectivity index (χ2n) is 5.96. The first-order valence-corrected chi connectivity index (χ1v) is 10.8. The molecule has 1 aromatic carbocycles. The van der Waals surface area contributed by atoms with Crippen LogP contribution < -0.4 is 4.72 Å². The van der Waals surface area contributed by atoms with E-state index in [0.717, 1.165) is 12.8 Å². The number of nitrogens with zero attached hydrogens (tertiary/aromatic N) is 3. The van der Waals surface area contributed by atoms with Gasteiger partial charge < -0.3 is 0 Å². The molecule has 1 saturated heterocycles. The molecule has 1 aliphatic heterocycles. The van der Waals surface area contributed by atoms with E-state index in [1.807, 2.05) is 0 Å². The number of aromatic nitrogens is 2. The SMILES string of the molecule is Cc1c(S(=O)(=O)Nc2ccc(S(=O)(=O)N3CCCC3)cc2)cnn1C. The summed E-state index contributed by atoms with van der Waals surface area (Å²) in [5.41, 5.74) is 0.810. The van der Waals surface area contributed by atoms with Gasteiger partial charge in [-0.05, 0) is 44.0 Å². The number of benzene rings is 1. The number of anilines is 1. The van der Waals surface area contributed by atoms with Crippen LogP contribution in [0.3, 0.4) is 0 Å². The lowest BCUT2D eigenvalue weighted by molar-refractivity contribution is 0.477. The second-order valence-corrected chi connectivity index (χ2v) is 9.55. The van der Waals surface area contributed by atoms with Gasteiger partial charge >= 0.3 is 0 Å². The monoisotopic (exact) mass is 384 g/mol. The van der Waals surface area contributed by atoms with Gasteiger partial charge in [-0.1, -0.05) is 0 Å². The van der Waals surface area contributed by atoms with Crippen LogP contribution in [0.5, 0.6) is 0 Å². The Morgan fingerprint density at radius 3 is 2.16 bits per heavy atom. The van der Waals surface area contributed by atoms with E-state index in [0.29, 0.717) is 24.5 Å². The zero-order valence-electron chi connectivity index (χ0n) is 14.0. The Morgan fingerprint density at radius 1 is 1.04 bits per heavy atom. The number of hydrogen-bond donors (Lipinski definition) is 1. The lowest BCUT2D eigenvalue weighted by Gasteiger charge is -2.15. The average molecular weight is 384 g/mol. The van der Waals surface area contributed by atoms with Crippen molar-refractivity contribution in [2.45, 2.75) is 29.6 Å². The molecule has 25 heavy (non-hydrogen) atoms. The van der Waals surface area contributed by atoms with Crippen LogP contribution in [0.25, 0.3) is 0 Å². The lowest BCUT2D eigenvalue weighted by atomic mass is 10.3. The molecule has 1 aliphatic rings. The molecular weight excluding hydrogens is 364 g/mol. The van der Waals surface area contributed by atoms with E-state index in [1.165, 1.54) is 39.4 Å². The van der Waals surface area contributed by atoms with Gasteiger partial charge in [0.1, 0.15) is 4.90 Å². The predicted octanol–water partition coefficient (Wildman–Crippen LogP) is 1.31.